The molecule has 1 aromatic carbocycles. The number of nitrogens with zero attached hydrogens (tertiary/aromatic N) is 1. The molecule has 2 aliphatic heterocycles. The van der Waals surface area contributed by atoms with Gasteiger partial charge < -0.3 is 10.2 Å². The predicted octanol–water partition coefficient (Wildman–Crippen LogP) is 2.23. The maximum atomic E-state index is 12.7. The standard InChI is InChI=1S/C16H20N2O/c1-2-10-7-12(11-3-4-11)15-13(8-10)14-9-17-5-6-18(14)16(15)19/h7-8,11,14,17H,2-6,9H2,1H3/t14-/m0/s1. The van der Waals surface area contributed by atoms with Crippen molar-refractivity contribution in [2.45, 2.75) is 38.1 Å². The number of rotatable bonds is 2. The van der Waals surface area contributed by atoms with Crippen molar-refractivity contribution in [2.24, 2.45) is 0 Å². The molecule has 1 aliphatic carbocycles. The number of hydrogen-bond acceptors (Lipinski definition) is 2. The maximum Gasteiger partial charge on any atom is 0.255 e. The molecule has 1 aromatic rings. The van der Waals surface area contributed by atoms with Crippen molar-refractivity contribution in [1.29, 1.82) is 0 Å². The molecule has 100 valence electrons. The van der Waals surface area contributed by atoms with Gasteiger partial charge in [-0.15, -0.1) is 0 Å². The van der Waals surface area contributed by atoms with Crippen molar-refractivity contribution in [3.8, 4) is 0 Å². The van der Waals surface area contributed by atoms with E-state index < -0.39 is 0 Å². The normalized spacial score (nSPS) is 25.4. The molecule has 1 N–H and O–H groups in total. The lowest BCUT2D eigenvalue weighted by Gasteiger charge is -2.30. The van der Waals surface area contributed by atoms with Crippen LogP contribution in [0, 0.1) is 0 Å². The summed E-state index contributed by atoms with van der Waals surface area (Å²) in [7, 11) is 0. The van der Waals surface area contributed by atoms with E-state index in [1.165, 1.54) is 29.5 Å². The van der Waals surface area contributed by atoms with Gasteiger partial charge in [0.2, 0.25) is 0 Å². The lowest BCUT2D eigenvalue weighted by atomic mass is 9.93. The highest BCUT2D eigenvalue weighted by Crippen LogP contribution is 2.47. The molecular formula is C16H20N2O. The van der Waals surface area contributed by atoms with Gasteiger partial charge in [0.15, 0.2) is 0 Å². The number of piperazine rings is 1. The second kappa shape index (κ2) is 4.07. The van der Waals surface area contributed by atoms with Crippen LogP contribution >= 0.6 is 0 Å². The van der Waals surface area contributed by atoms with Crippen LogP contribution in [0.3, 0.4) is 0 Å². The van der Waals surface area contributed by atoms with E-state index >= 15 is 0 Å². The van der Waals surface area contributed by atoms with E-state index in [-0.39, 0.29) is 11.9 Å². The molecule has 1 atom stereocenters. The number of carbonyl (C=O) groups excluding carboxylic acids is 1. The van der Waals surface area contributed by atoms with E-state index in [4.69, 9.17) is 0 Å². The Bertz CT molecular complexity index is 548. The molecule has 0 spiro atoms. The lowest BCUT2D eigenvalue weighted by Crippen LogP contribution is -2.44. The van der Waals surface area contributed by atoms with Crippen LogP contribution in [0.2, 0.25) is 0 Å². The molecule has 0 radical (unpaired) electrons. The highest BCUT2D eigenvalue weighted by atomic mass is 16.2. The van der Waals surface area contributed by atoms with Gasteiger partial charge in [0, 0.05) is 25.2 Å². The number of hydrogen-bond donors (Lipinski definition) is 1. The van der Waals surface area contributed by atoms with Crippen LogP contribution in [0.15, 0.2) is 12.1 Å². The molecule has 19 heavy (non-hydrogen) atoms. The quantitative estimate of drug-likeness (QED) is 0.880. The zero-order valence-electron chi connectivity index (χ0n) is 11.4. The summed E-state index contributed by atoms with van der Waals surface area (Å²) < 4.78 is 0. The molecule has 1 saturated carbocycles. The second-order valence-electron chi connectivity index (χ2n) is 6.00. The molecule has 0 unspecified atom stereocenters. The van der Waals surface area contributed by atoms with Crippen LogP contribution in [-0.2, 0) is 6.42 Å². The zero-order valence-corrected chi connectivity index (χ0v) is 11.4. The van der Waals surface area contributed by atoms with E-state index in [1.807, 2.05) is 0 Å². The largest absolute Gasteiger partial charge is 0.329 e. The highest BCUT2D eigenvalue weighted by molar-refractivity contribution is 6.01. The van der Waals surface area contributed by atoms with Crippen LogP contribution in [0.1, 0.15) is 58.8 Å². The molecule has 1 amide bonds. The molecular weight excluding hydrogens is 236 g/mol. The number of fused-ring (bicyclic) bond motifs is 3. The smallest absolute Gasteiger partial charge is 0.255 e. The number of amides is 1. The summed E-state index contributed by atoms with van der Waals surface area (Å²) in [4.78, 5) is 14.8. The van der Waals surface area contributed by atoms with Gasteiger partial charge in [0.1, 0.15) is 0 Å². The van der Waals surface area contributed by atoms with Crippen LogP contribution in [0.25, 0.3) is 0 Å². The minimum absolute atomic E-state index is 0.278. The Morgan fingerprint density at radius 2 is 2.11 bits per heavy atom. The summed E-state index contributed by atoms with van der Waals surface area (Å²) in [5.41, 5.74) is 5.07. The van der Waals surface area contributed by atoms with Crippen LogP contribution < -0.4 is 5.32 Å². The summed E-state index contributed by atoms with van der Waals surface area (Å²) >= 11 is 0. The average molecular weight is 256 g/mol. The first-order chi connectivity index (χ1) is 9.29. The molecule has 2 heterocycles. The first-order valence-corrected chi connectivity index (χ1v) is 7.48. The third kappa shape index (κ3) is 1.64. The molecule has 0 bridgehead atoms. The Kier molecular flexibility index (Phi) is 2.46. The summed E-state index contributed by atoms with van der Waals surface area (Å²) in [6, 6.07) is 4.84. The van der Waals surface area contributed by atoms with Crippen molar-refractivity contribution < 1.29 is 4.79 Å². The molecule has 3 heteroatoms. The molecule has 0 aromatic heterocycles. The summed E-state index contributed by atoms with van der Waals surface area (Å²) in [5.74, 6) is 0.935. The van der Waals surface area contributed by atoms with Gasteiger partial charge in [0.25, 0.3) is 5.91 Å². The third-order valence-corrected chi connectivity index (χ3v) is 4.76. The Labute approximate surface area is 114 Å². The van der Waals surface area contributed by atoms with Crippen molar-refractivity contribution in [3.63, 3.8) is 0 Å². The monoisotopic (exact) mass is 256 g/mol. The number of nitrogens with one attached hydrogen (secondary N) is 1. The third-order valence-electron chi connectivity index (χ3n) is 4.76. The van der Waals surface area contributed by atoms with Crippen molar-refractivity contribution >= 4 is 5.91 Å². The van der Waals surface area contributed by atoms with Gasteiger partial charge >= 0.3 is 0 Å². The summed E-state index contributed by atoms with van der Waals surface area (Å²) in [6.45, 7) is 4.89. The maximum absolute atomic E-state index is 12.7. The number of benzene rings is 1. The molecule has 2 fully saturated rings. The van der Waals surface area contributed by atoms with Crippen molar-refractivity contribution in [3.05, 3.63) is 34.4 Å². The predicted molar refractivity (Wildman–Crippen MR) is 74.4 cm³/mol. The van der Waals surface area contributed by atoms with E-state index in [0.717, 1.165) is 31.6 Å². The molecule has 1 saturated heterocycles. The van der Waals surface area contributed by atoms with Gasteiger partial charge in [-0.3, -0.25) is 4.79 Å². The topological polar surface area (TPSA) is 32.3 Å². The van der Waals surface area contributed by atoms with E-state index in [2.05, 4.69) is 29.3 Å². The van der Waals surface area contributed by atoms with Gasteiger partial charge in [-0.25, -0.2) is 0 Å². The Hall–Kier alpha value is -1.35. The molecule has 3 nitrogen and oxygen atoms in total. The fraction of sp³-hybridized carbons (Fsp3) is 0.562. The zero-order chi connectivity index (χ0) is 13.0. The van der Waals surface area contributed by atoms with Crippen LogP contribution in [-0.4, -0.2) is 30.4 Å². The van der Waals surface area contributed by atoms with Crippen molar-refractivity contribution in [1.82, 2.24) is 10.2 Å². The molecule has 4 rings (SSSR count). The van der Waals surface area contributed by atoms with Gasteiger partial charge in [0.05, 0.1) is 6.04 Å². The van der Waals surface area contributed by atoms with E-state index in [0.29, 0.717) is 5.92 Å². The van der Waals surface area contributed by atoms with E-state index in [1.54, 1.807) is 0 Å². The summed E-state index contributed by atoms with van der Waals surface area (Å²) in [5, 5.41) is 3.43. The Balaban J connectivity index is 1.88. The van der Waals surface area contributed by atoms with Gasteiger partial charge in [-0.1, -0.05) is 19.1 Å². The highest BCUT2D eigenvalue weighted by Gasteiger charge is 2.42. The van der Waals surface area contributed by atoms with Gasteiger partial charge in [-0.2, -0.15) is 0 Å². The Morgan fingerprint density at radius 1 is 1.32 bits per heavy atom. The first-order valence-electron chi connectivity index (χ1n) is 7.48. The molecule has 3 aliphatic rings. The first kappa shape index (κ1) is 11.5. The number of aryl methyl sites for hydroxylation is 1. The Morgan fingerprint density at radius 3 is 2.84 bits per heavy atom. The van der Waals surface area contributed by atoms with Gasteiger partial charge in [-0.05, 0) is 41.9 Å². The van der Waals surface area contributed by atoms with Crippen LogP contribution in [0.4, 0.5) is 0 Å². The minimum atomic E-state index is 0.278. The van der Waals surface area contributed by atoms with Crippen molar-refractivity contribution in [2.75, 3.05) is 19.6 Å². The summed E-state index contributed by atoms with van der Waals surface area (Å²) in [6.07, 6.45) is 3.58. The lowest BCUT2D eigenvalue weighted by molar-refractivity contribution is 0.0690. The van der Waals surface area contributed by atoms with E-state index in [9.17, 15) is 4.79 Å². The average Bonchev–Trinajstić information content (AvgIpc) is 3.26. The number of carbonyl (C=O) groups is 1. The fourth-order valence-corrected chi connectivity index (χ4v) is 3.55. The minimum Gasteiger partial charge on any atom is -0.329 e. The second-order valence-corrected chi connectivity index (χ2v) is 6.00. The fourth-order valence-electron chi connectivity index (χ4n) is 3.55. The SMILES string of the molecule is CCc1cc(C2CC2)c2c(c1)[C@@H]1CNCCN1C2=O. The van der Waals surface area contributed by atoms with Crippen LogP contribution in [0.5, 0.6) is 0 Å².